The zero-order valence-electron chi connectivity index (χ0n) is 12.9. The summed E-state index contributed by atoms with van der Waals surface area (Å²) in [4.78, 5) is 16.3. The Labute approximate surface area is 132 Å². The van der Waals surface area contributed by atoms with E-state index in [0.717, 1.165) is 44.2 Å². The van der Waals surface area contributed by atoms with E-state index in [9.17, 15) is 4.79 Å². The van der Waals surface area contributed by atoms with E-state index in [1.807, 2.05) is 31.7 Å². The minimum Gasteiger partial charge on any atom is -0.360 e. The molecule has 2 rings (SSSR count). The van der Waals surface area contributed by atoms with Crippen molar-refractivity contribution in [3.8, 4) is 0 Å². The number of carbonyl (C=O) groups excluding carboxylic acids is 1. The second-order valence-electron chi connectivity index (χ2n) is 5.81. The van der Waals surface area contributed by atoms with Crippen LogP contribution in [0.4, 0.5) is 0 Å². The van der Waals surface area contributed by atoms with Gasteiger partial charge in [-0.3, -0.25) is 9.69 Å². The molecular weight excluding hydrogens is 292 g/mol. The van der Waals surface area contributed by atoms with Crippen molar-refractivity contribution in [3.05, 3.63) is 17.5 Å². The molecule has 1 aliphatic rings. The minimum absolute atomic E-state index is 0. The first-order chi connectivity index (χ1) is 9.47. The third-order valence-corrected chi connectivity index (χ3v) is 3.74. The van der Waals surface area contributed by atoms with E-state index in [2.05, 4.69) is 10.1 Å². The molecule has 7 heteroatoms. The Morgan fingerprint density at radius 2 is 2.00 bits per heavy atom. The lowest BCUT2D eigenvalue weighted by Gasteiger charge is -2.36. The van der Waals surface area contributed by atoms with Crippen molar-refractivity contribution in [2.45, 2.75) is 33.4 Å². The van der Waals surface area contributed by atoms with Crippen LogP contribution in [0.1, 0.15) is 25.3 Å². The van der Waals surface area contributed by atoms with E-state index < -0.39 is 6.04 Å². The molecule has 1 atom stereocenters. The number of aryl methyl sites for hydroxylation is 1. The van der Waals surface area contributed by atoms with Gasteiger partial charge in [0.2, 0.25) is 5.91 Å². The minimum atomic E-state index is -0.390. The van der Waals surface area contributed by atoms with E-state index in [0.29, 0.717) is 0 Å². The highest BCUT2D eigenvalue weighted by Gasteiger charge is 2.27. The van der Waals surface area contributed by atoms with Crippen LogP contribution in [0.2, 0.25) is 0 Å². The van der Waals surface area contributed by atoms with Gasteiger partial charge in [0.05, 0.1) is 18.3 Å². The molecule has 2 N–H and O–H groups in total. The summed E-state index contributed by atoms with van der Waals surface area (Å²) in [6, 6.07) is 1.56. The number of hydrogen-bond acceptors (Lipinski definition) is 5. The second-order valence-corrected chi connectivity index (χ2v) is 5.81. The monoisotopic (exact) mass is 316 g/mol. The van der Waals surface area contributed by atoms with Crippen LogP contribution >= 0.6 is 12.4 Å². The molecule has 1 fully saturated rings. The van der Waals surface area contributed by atoms with Gasteiger partial charge in [-0.2, -0.15) is 0 Å². The van der Waals surface area contributed by atoms with E-state index in [1.54, 1.807) is 0 Å². The molecule has 0 saturated carbocycles. The smallest absolute Gasteiger partial charge is 0.239 e. The van der Waals surface area contributed by atoms with E-state index in [4.69, 9.17) is 10.3 Å². The largest absolute Gasteiger partial charge is 0.360 e. The molecular formula is C14H25ClN4O2. The number of hydrogen-bond donors (Lipinski definition) is 1. The van der Waals surface area contributed by atoms with E-state index in [1.165, 1.54) is 0 Å². The fourth-order valence-electron chi connectivity index (χ4n) is 2.33. The average Bonchev–Trinajstić information content (AvgIpc) is 2.83. The van der Waals surface area contributed by atoms with Crippen molar-refractivity contribution in [1.29, 1.82) is 0 Å². The molecule has 21 heavy (non-hydrogen) atoms. The Kier molecular flexibility index (Phi) is 6.64. The molecule has 1 aromatic rings. The fraction of sp³-hybridized carbons (Fsp3) is 0.714. The van der Waals surface area contributed by atoms with Gasteiger partial charge in [0.25, 0.3) is 0 Å². The number of aromatic nitrogens is 1. The summed E-state index contributed by atoms with van der Waals surface area (Å²) in [6.45, 7) is 9.76. The van der Waals surface area contributed by atoms with Crippen LogP contribution in [0.25, 0.3) is 0 Å². The third-order valence-electron chi connectivity index (χ3n) is 3.74. The number of rotatable bonds is 4. The summed E-state index contributed by atoms with van der Waals surface area (Å²) in [5.74, 6) is 1.12. The maximum Gasteiger partial charge on any atom is 0.239 e. The van der Waals surface area contributed by atoms with Gasteiger partial charge in [0.15, 0.2) is 5.76 Å². The number of amides is 1. The third kappa shape index (κ3) is 4.69. The van der Waals surface area contributed by atoms with Crippen molar-refractivity contribution in [3.63, 3.8) is 0 Å². The van der Waals surface area contributed by atoms with Crippen molar-refractivity contribution < 1.29 is 9.32 Å². The van der Waals surface area contributed by atoms with Gasteiger partial charge in [0, 0.05) is 32.2 Å². The Morgan fingerprint density at radius 1 is 1.38 bits per heavy atom. The molecule has 6 nitrogen and oxygen atoms in total. The Bertz CT molecular complexity index is 456. The van der Waals surface area contributed by atoms with Crippen LogP contribution in [0.3, 0.4) is 0 Å². The lowest BCUT2D eigenvalue weighted by Crippen LogP contribution is -2.54. The van der Waals surface area contributed by atoms with Crippen molar-refractivity contribution >= 4 is 18.3 Å². The number of halogens is 1. The van der Waals surface area contributed by atoms with E-state index >= 15 is 0 Å². The lowest BCUT2D eigenvalue weighted by molar-refractivity contribution is -0.135. The predicted molar refractivity (Wildman–Crippen MR) is 83.2 cm³/mol. The molecule has 0 unspecified atom stereocenters. The number of nitrogens with two attached hydrogens (primary N) is 1. The van der Waals surface area contributed by atoms with Gasteiger partial charge in [0.1, 0.15) is 0 Å². The van der Waals surface area contributed by atoms with Gasteiger partial charge in [-0.05, 0) is 12.8 Å². The van der Waals surface area contributed by atoms with E-state index in [-0.39, 0.29) is 24.2 Å². The summed E-state index contributed by atoms with van der Waals surface area (Å²) >= 11 is 0. The van der Waals surface area contributed by atoms with Crippen LogP contribution in [-0.2, 0) is 11.3 Å². The molecule has 1 aliphatic heterocycles. The molecule has 0 aromatic carbocycles. The van der Waals surface area contributed by atoms with Crippen molar-refractivity contribution in [1.82, 2.24) is 15.0 Å². The zero-order chi connectivity index (χ0) is 14.7. The lowest BCUT2D eigenvalue weighted by atomic mass is 10.0. The molecule has 2 heterocycles. The molecule has 0 bridgehead atoms. The van der Waals surface area contributed by atoms with Gasteiger partial charge >= 0.3 is 0 Å². The highest BCUT2D eigenvalue weighted by molar-refractivity contribution is 5.85. The maximum atomic E-state index is 12.2. The summed E-state index contributed by atoms with van der Waals surface area (Å²) in [5.41, 5.74) is 6.82. The van der Waals surface area contributed by atoms with Gasteiger partial charge in [-0.25, -0.2) is 0 Å². The molecule has 120 valence electrons. The van der Waals surface area contributed by atoms with Crippen LogP contribution in [0.15, 0.2) is 10.6 Å². The predicted octanol–water partition coefficient (Wildman–Crippen LogP) is 1.03. The second kappa shape index (κ2) is 7.77. The topological polar surface area (TPSA) is 75.6 Å². The summed E-state index contributed by atoms with van der Waals surface area (Å²) in [6.07, 6.45) is 0. The van der Waals surface area contributed by atoms with Crippen LogP contribution < -0.4 is 5.73 Å². The molecule has 1 aromatic heterocycles. The van der Waals surface area contributed by atoms with Gasteiger partial charge in [-0.1, -0.05) is 19.0 Å². The molecule has 1 amide bonds. The summed E-state index contributed by atoms with van der Waals surface area (Å²) in [7, 11) is 0. The van der Waals surface area contributed by atoms with Crippen molar-refractivity contribution in [2.75, 3.05) is 26.2 Å². The molecule has 0 spiro atoms. The first kappa shape index (κ1) is 17.9. The summed E-state index contributed by atoms with van der Waals surface area (Å²) in [5, 5.41) is 3.89. The zero-order valence-corrected chi connectivity index (χ0v) is 13.7. The Morgan fingerprint density at radius 3 is 2.48 bits per heavy atom. The quantitative estimate of drug-likeness (QED) is 0.898. The first-order valence-corrected chi connectivity index (χ1v) is 7.16. The molecule has 0 aliphatic carbocycles. The Balaban J connectivity index is 0.00000220. The van der Waals surface area contributed by atoms with Gasteiger partial charge in [-0.15, -0.1) is 12.4 Å². The van der Waals surface area contributed by atoms with Crippen molar-refractivity contribution in [2.24, 2.45) is 11.7 Å². The van der Waals surface area contributed by atoms with Gasteiger partial charge < -0.3 is 15.2 Å². The number of nitrogens with zero attached hydrogens (tertiary/aromatic N) is 3. The Hall–Kier alpha value is -1.11. The van der Waals surface area contributed by atoms with Crippen LogP contribution in [0, 0.1) is 12.8 Å². The normalized spacial score (nSPS) is 17.7. The summed E-state index contributed by atoms with van der Waals surface area (Å²) < 4.78 is 5.22. The maximum absolute atomic E-state index is 12.2. The fourth-order valence-corrected chi connectivity index (χ4v) is 2.33. The van der Waals surface area contributed by atoms with Crippen LogP contribution in [0.5, 0.6) is 0 Å². The first-order valence-electron chi connectivity index (χ1n) is 7.16. The highest BCUT2D eigenvalue weighted by atomic mass is 35.5. The average molecular weight is 317 g/mol. The molecule has 0 radical (unpaired) electrons. The standard InChI is InChI=1S/C14H24N4O2.ClH/c1-10(2)13(15)14(19)18-6-4-17(5-7-18)9-12-8-11(3)16-20-12;/h8,10,13H,4-7,9,15H2,1-3H3;1H/t13-;/m0./s1. The SMILES string of the molecule is Cc1cc(CN2CCN(C(=O)[C@@H](N)C(C)C)CC2)on1.Cl. The van der Waals surface area contributed by atoms with Crippen LogP contribution in [-0.4, -0.2) is 53.1 Å². The number of piperazine rings is 1. The molecule has 1 saturated heterocycles. The number of carbonyl (C=O) groups is 1. The highest BCUT2D eigenvalue weighted by Crippen LogP contribution is 2.11.